The van der Waals surface area contributed by atoms with Gasteiger partial charge in [-0.1, -0.05) is 0 Å². The fraction of sp³-hybridized carbons (Fsp3) is 0.444. The normalized spacial score (nSPS) is 14.5. The maximum absolute atomic E-state index is 13.5. The summed E-state index contributed by atoms with van der Waals surface area (Å²) >= 11 is 0. The first-order valence-corrected chi connectivity index (χ1v) is 4.49. The van der Waals surface area contributed by atoms with Gasteiger partial charge >= 0.3 is 24.2 Å². The van der Waals surface area contributed by atoms with Gasteiger partial charge in [0, 0.05) is 11.8 Å². The van der Waals surface area contributed by atoms with Gasteiger partial charge in [0.15, 0.2) is 0 Å². The second-order valence-corrected chi connectivity index (χ2v) is 3.50. The number of aromatic nitrogens is 1. The lowest BCUT2D eigenvalue weighted by Gasteiger charge is -2.31. The Balaban J connectivity index is 3.70. The van der Waals surface area contributed by atoms with E-state index in [9.17, 15) is 43.9 Å². The Labute approximate surface area is 104 Å². The van der Waals surface area contributed by atoms with Crippen LogP contribution in [0.25, 0.3) is 0 Å². The zero-order valence-corrected chi connectivity index (χ0v) is 8.88. The molecule has 11 heteroatoms. The van der Waals surface area contributed by atoms with Crippen LogP contribution in [0.15, 0.2) is 12.3 Å². The summed E-state index contributed by atoms with van der Waals surface area (Å²) in [4.78, 5) is 2.64. The van der Waals surface area contributed by atoms with E-state index in [-0.39, 0.29) is 12.3 Å². The van der Waals surface area contributed by atoms with E-state index in [1.165, 1.54) is 0 Å². The molecule has 0 fully saturated rings. The van der Waals surface area contributed by atoms with Gasteiger partial charge in [-0.05, 0) is 6.07 Å². The van der Waals surface area contributed by atoms with Crippen LogP contribution < -0.4 is 0 Å². The summed E-state index contributed by atoms with van der Waals surface area (Å²) in [5, 5.41) is 0. The number of halogens is 10. The SMILES string of the molecule is FC(F)(F)c1[c]nccc1C(F)(C(F)(F)F)C(F)(F)F. The summed E-state index contributed by atoms with van der Waals surface area (Å²) < 4.78 is 125. The molecule has 0 aliphatic carbocycles. The lowest BCUT2D eigenvalue weighted by atomic mass is 9.91. The van der Waals surface area contributed by atoms with Gasteiger partial charge < -0.3 is 0 Å². The highest BCUT2D eigenvalue weighted by Gasteiger charge is 2.74. The van der Waals surface area contributed by atoms with Crippen LogP contribution in [0, 0.1) is 6.20 Å². The summed E-state index contributed by atoms with van der Waals surface area (Å²) in [6.45, 7) is 0. The molecular weight excluding hydrogens is 312 g/mol. The van der Waals surface area contributed by atoms with Gasteiger partial charge in [-0.2, -0.15) is 39.5 Å². The van der Waals surface area contributed by atoms with Crippen molar-refractivity contribution in [2.75, 3.05) is 0 Å². The van der Waals surface area contributed by atoms with E-state index in [1.807, 2.05) is 0 Å². The van der Waals surface area contributed by atoms with E-state index in [4.69, 9.17) is 0 Å². The van der Waals surface area contributed by atoms with E-state index in [0.717, 1.165) is 6.20 Å². The molecule has 0 spiro atoms. The summed E-state index contributed by atoms with van der Waals surface area (Å²) in [6.07, 6.45) is -17.9. The Morgan fingerprint density at radius 3 is 1.60 bits per heavy atom. The van der Waals surface area contributed by atoms with Gasteiger partial charge in [0.1, 0.15) is 6.20 Å². The highest BCUT2D eigenvalue weighted by Crippen LogP contribution is 2.55. The minimum absolute atomic E-state index is 0.149. The van der Waals surface area contributed by atoms with E-state index < -0.39 is 35.3 Å². The molecule has 1 nitrogen and oxygen atoms in total. The van der Waals surface area contributed by atoms with Crippen molar-refractivity contribution < 1.29 is 43.9 Å². The van der Waals surface area contributed by atoms with E-state index in [0.29, 0.717) is 0 Å². The monoisotopic (exact) mass is 314 g/mol. The molecule has 0 aliphatic heterocycles. The Morgan fingerprint density at radius 2 is 1.25 bits per heavy atom. The second kappa shape index (κ2) is 4.48. The van der Waals surface area contributed by atoms with Crippen LogP contribution in [0.5, 0.6) is 0 Å². The quantitative estimate of drug-likeness (QED) is 0.708. The molecule has 0 aliphatic rings. The van der Waals surface area contributed by atoms with Gasteiger partial charge in [-0.25, -0.2) is 4.39 Å². The molecule has 0 aromatic carbocycles. The number of hydrogen-bond acceptors (Lipinski definition) is 1. The Morgan fingerprint density at radius 1 is 0.800 bits per heavy atom. The summed E-state index contributed by atoms with van der Waals surface area (Å²) in [7, 11) is 0. The topological polar surface area (TPSA) is 12.9 Å². The minimum atomic E-state index is -6.64. The van der Waals surface area contributed by atoms with Crippen LogP contribution in [-0.2, 0) is 11.8 Å². The molecule has 1 aromatic heterocycles. The largest absolute Gasteiger partial charge is 0.435 e. The van der Waals surface area contributed by atoms with E-state index >= 15 is 0 Å². The van der Waals surface area contributed by atoms with Crippen LogP contribution in [-0.4, -0.2) is 17.3 Å². The van der Waals surface area contributed by atoms with Gasteiger partial charge in [-0.15, -0.1) is 0 Å². The molecule has 1 aromatic rings. The summed E-state index contributed by atoms with van der Waals surface area (Å²) in [5.74, 6) is 0. The standard InChI is InChI=1S/C9H2F10N/c10-6(8(14,15)16,9(17,18)19)4-1-2-20-3-5(4)7(11,12)13/h1-2H. The molecule has 1 rings (SSSR count). The van der Waals surface area contributed by atoms with E-state index in [1.54, 1.807) is 0 Å². The third kappa shape index (κ3) is 2.52. The van der Waals surface area contributed by atoms with Crippen LogP contribution in [0.1, 0.15) is 11.1 Å². The van der Waals surface area contributed by atoms with Gasteiger partial charge in [-0.3, -0.25) is 4.98 Å². The van der Waals surface area contributed by atoms with Crippen molar-refractivity contribution in [2.24, 2.45) is 0 Å². The van der Waals surface area contributed by atoms with Crippen molar-refractivity contribution in [3.63, 3.8) is 0 Å². The number of alkyl halides is 10. The highest BCUT2D eigenvalue weighted by molar-refractivity contribution is 5.34. The van der Waals surface area contributed by atoms with Gasteiger partial charge in [0.25, 0.3) is 0 Å². The lowest BCUT2D eigenvalue weighted by molar-refractivity contribution is -0.349. The molecule has 20 heavy (non-hydrogen) atoms. The molecule has 0 bridgehead atoms. The van der Waals surface area contributed by atoms with E-state index in [2.05, 4.69) is 4.98 Å². The molecule has 0 saturated carbocycles. The molecule has 0 atom stereocenters. The zero-order chi connectivity index (χ0) is 16.0. The van der Waals surface area contributed by atoms with Crippen molar-refractivity contribution in [1.82, 2.24) is 4.98 Å². The molecule has 0 amide bonds. The Kier molecular flexibility index (Phi) is 3.70. The number of nitrogens with zero attached hydrogens (tertiary/aromatic N) is 1. The Bertz CT molecular complexity index is 469. The fourth-order valence-electron chi connectivity index (χ4n) is 1.33. The molecule has 1 radical (unpaired) electrons. The number of hydrogen-bond donors (Lipinski definition) is 0. The van der Waals surface area contributed by atoms with Crippen molar-refractivity contribution in [2.45, 2.75) is 24.2 Å². The molecular formula is C9H2F10N. The third-order valence-electron chi connectivity index (χ3n) is 2.20. The Hall–Kier alpha value is -1.55. The predicted molar refractivity (Wildman–Crippen MR) is 43.0 cm³/mol. The lowest BCUT2D eigenvalue weighted by Crippen LogP contribution is -2.51. The van der Waals surface area contributed by atoms with Crippen LogP contribution in [0.2, 0.25) is 0 Å². The van der Waals surface area contributed by atoms with Crippen LogP contribution >= 0.6 is 0 Å². The van der Waals surface area contributed by atoms with Crippen molar-refractivity contribution in [1.29, 1.82) is 0 Å². The van der Waals surface area contributed by atoms with Crippen LogP contribution in [0.4, 0.5) is 43.9 Å². The average molecular weight is 314 g/mol. The maximum atomic E-state index is 13.5. The molecule has 0 N–H and O–H groups in total. The fourth-order valence-corrected chi connectivity index (χ4v) is 1.33. The smallest absolute Gasteiger partial charge is 0.254 e. The van der Waals surface area contributed by atoms with Gasteiger partial charge in [0.05, 0.1) is 5.56 Å². The molecule has 1 heterocycles. The highest BCUT2D eigenvalue weighted by atomic mass is 19.4. The average Bonchev–Trinajstić information content (AvgIpc) is 2.23. The number of rotatable bonds is 1. The van der Waals surface area contributed by atoms with Crippen molar-refractivity contribution in [3.05, 3.63) is 29.6 Å². The minimum Gasteiger partial charge on any atom is -0.254 e. The number of pyridine rings is 1. The molecule has 0 saturated heterocycles. The van der Waals surface area contributed by atoms with Crippen molar-refractivity contribution >= 4 is 0 Å². The summed E-state index contributed by atoms with van der Waals surface area (Å²) in [6, 6.07) is -0.333. The molecule has 0 unspecified atom stereocenters. The van der Waals surface area contributed by atoms with Crippen LogP contribution in [0.3, 0.4) is 0 Å². The van der Waals surface area contributed by atoms with Gasteiger partial charge in [0.2, 0.25) is 0 Å². The summed E-state index contributed by atoms with van der Waals surface area (Å²) in [5.41, 5.74) is -11.4. The first kappa shape index (κ1) is 16.5. The zero-order valence-electron chi connectivity index (χ0n) is 8.88. The first-order chi connectivity index (χ1) is 8.73. The first-order valence-electron chi connectivity index (χ1n) is 4.49. The third-order valence-corrected chi connectivity index (χ3v) is 2.20. The maximum Gasteiger partial charge on any atom is 0.435 e. The second-order valence-electron chi connectivity index (χ2n) is 3.50. The van der Waals surface area contributed by atoms with Crippen molar-refractivity contribution in [3.8, 4) is 0 Å². The molecule has 113 valence electrons. The predicted octanol–water partition coefficient (Wildman–Crippen LogP) is 4.19.